The Bertz CT molecular complexity index is 547. The van der Waals surface area contributed by atoms with Crippen LogP contribution in [0.2, 0.25) is 0 Å². The topological polar surface area (TPSA) is 47.1 Å². The second-order valence-corrected chi connectivity index (χ2v) is 6.21. The molecule has 0 radical (unpaired) electrons. The lowest BCUT2D eigenvalue weighted by molar-refractivity contribution is 0.211. The molecule has 108 valence electrons. The van der Waals surface area contributed by atoms with Gasteiger partial charge >= 0.3 is 0 Å². The van der Waals surface area contributed by atoms with Gasteiger partial charge in [-0.2, -0.15) is 5.10 Å². The average Bonchev–Trinajstić information content (AvgIpc) is 2.77. The van der Waals surface area contributed by atoms with Gasteiger partial charge in [0.15, 0.2) is 0 Å². The zero-order valence-corrected chi connectivity index (χ0v) is 13.7. The number of rotatable bonds is 5. The quantitative estimate of drug-likeness (QED) is 0.913. The summed E-state index contributed by atoms with van der Waals surface area (Å²) < 4.78 is 2.91. The van der Waals surface area contributed by atoms with Gasteiger partial charge in [-0.05, 0) is 31.7 Å². The first-order chi connectivity index (χ1) is 9.47. The fourth-order valence-corrected chi connectivity index (χ4v) is 2.82. The molecular weight excluding hydrogens is 316 g/mol. The smallest absolute Gasteiger partial charge is 0.0534 e. The molecule has 2 unspecified atom stereocenters. The number of hydrogen-bond acceptors (Lipinski definition) is 3. The molecule has 0 fully saturated rings. The Morgan fingerprint density at radius 2 is 2.00 bits per heavy atom. The molecule has 4 nitrogen and oxygen atoms in total. The summed E-state index contributed by atoms with van der Waals surface area (Å²) in [6, 6.07) is 8.60. The standard InChI is InChI=1S/C15H21BrN4/c1-11(17)15(13-4-6-14(16)7-5-13)19(2)9-12-8-18-20(3)10-12/h4-8,10-11,15H,9,17H2,1-3H3. The summed E-state index contributed by atoms with van der Waals surface area (Å²) in [4.78, 5) is 2.27. The third-order valence-corrected chi connectivity index (χ3v) is 3.90. The van der Waals surface area contributed by atoms with E-state index in [0.717, 1.165) is 11.0 Å². The van der Waals surface area contributed by atoms with Gasteiger partial charge in [0, 0.05) is 41.9 Å². The molecule has 0 aliphatic heterocycles. The molecule has 2 aromatic rings. The first-order valence-corrected chi connectivity index (χ1v) is 7.45. The summed E-state index contributed by atoms with van der Waals surface area (Å²) in [5.74, 6) is 0. The molecule has 1 heterocycles. The Kier molecular flexibility index (Phi) is 4.96. The van der Waals surface area contributed by atoms with Crippen molar-refractivity contribution in [3.05, 3.63) is 52.3 Å². The third-order valence-electron chi connectivity index (χ3n) is 3.37. The van der Waals surface area contributed by atoms with Crippen molar-refractivity contribution in [1.29, 1.82) is 0 Å². The van der Waals surface area contributed by atoms with Crippen LogP contribution in [0.15, 0.2) is 41.1 Å². The van der Waals surface area contributed by atoms with Gasteiger partial charge < -0.3 is 5.73 Å². The molecule has 5 heteroatoms. The van der Waals surface area contributed by atoms with E-state index in [-0.39, 0.29) is 12.1 Å². The molecule has 0 aliphatic rings. The van der Waals surface area contributed by atoms with Crippen LogP contribution in [0.25, 0.3) is 0 Å². The fraction of sp³-hybridized carbons (Fsp3) is 0.400. The average molecular weight is 337 g/mol. The molecule has 1 aromatic heterocycles. The number of aryl methyl sites for hydroxylation is 1. The van der Waals surface area contributed by atoms with Crippen molar-refractivity contribution in [3.8, 4) is 0 Å². The molecule has 2 rings (SSSR count). The van der Waals surface area contributed by atoms with E-state index in [1.807, 2.05) is 31.0 Å². The van der Waals surface area contributed by atoms with E-state index in [4.69, 9.17) is 5.73 Å². The van der Waals surface area contributed by atoms with Crippen molar-refractivity contribution < 1.29 is 0 Å². The largest absolute Gasteiger partial charge is 0.326 e. The second kappa shape index (κ2) is 6.52. The van der Waals surface area contributed by atoms with Crippen LogP contribution in [0.4, 0.5) is 0 Å². The molecule has 0 spiro atoms. The van der Waals surface area contributed by atoms with Gasteiger partial charge in [0.05, 0.1) is 6.20 Å². The predicted octanol–water partition coefficient (Wildman–Crippen LogP) is 2.70. The molecule has 20 heavy (non-hydrogen) atoms. The maximum Gasteiger partial charge on any atom is 0.0534 e. The molecule has 2 N–H and O–H groups in total. The monoisotopic (exact) mass is 336 g/mol. The van der Waals surface area contributed by atoms with Gasteiger partial charge in [-0.15, -0.1) is 0 Å². The summed E-state index contributed by atoms with van der Waals surface area (Å²) >= 11 is 3.47. The molecule has 0 aliphatic carbocycles. The van der Waals surface area contributed by atoms with E-state index < -0.39 is 0 Å². The normalized spacial score (nSPS) is 14.5. The van der Waals surface area contributed by atoms with Crippen molar-refractivity contribution in [3.63, 3.8) is 0 Å². The molecule has 1 aromatic carbocycles. The number of aromatic nitrogens is 2. The molecule has 2 atom stereocenters. The highest BCUT2D eigenvalue weighted by Crippen LogP contribution is 2.25. The lowest BCUT2D eigenvalue weighted by Gasteiger charge is -2.31. The van der Waals surface area contributed by atoms with Gasteiger partial charge in [0.2, 0.25) is 0 Å². The van der Waals surface area contributed by atoms with E-state index in [1.165, 1.54) is 11.1 Å². The van der Waals surface area contributed by atoms with E-state index in [0.29, 0.717) is 0 Å². The van der Waals surface area contributed by atoms with E-state index >= 15 is 0 Å². The van der Waals surface area contributed by atoms with Crippen LogP contribution >= 0.6 is 15.9 Å². The summed E-state index contributed by atoms with van der Waals surface area (Å²) in [6.07, 6.45) is 3.94. The first kappa shape index (κ1) is 15.2. The SMILES string of the molecule is CC(N)C(c1ccc(Br)cc1)N(C)Cc1cnn(C)c1. The van der Waals surface area contributed by atoms with Crippen LogP contribution in [0.3, 0.4) is 0 Å². The van der Waals surface area contributed by atoms with Crippen LogP contribution in [0.1, 0.15) is 24.1 Å². The minimum absolute atomic E-state index is 0.0536. The summed E-state index contributed by atoms with van der Waals surface area (Å²) in [7, 11) is 4.03. The minimum atomic E-state index is 0.0536. The van der Waals surface area contributed by atoms with Gasteiger partial charge in [-0.3, -0.25) is 9.58 Å². The maximum atomic E-state index is 6.19. The lowest BCUT2D eigenvalue weighted by Crippen LogP contribution is -2.36. The van der Waals surface area contributed by atoms with Crippen LogP contribution < -0.4 is 5.73 Å². The number of benzene rings is 1. The number of hydrogen-bond donors (Lipinski definition) is 1. The Labute approximate surface area is 128 Å². The van der Waals surface area contributed by atoms with E-state index in [2.05, 4.69) is 57.2 Å². The zero-order valence-electron chi connectivity index (χ0n) is 12.1. The van der Waals surface area contributed by atoms with Crippen molar-refractivity contribution in [2.24, 2.45) is 12.8 Å². The maximum absolute atomic E-state index is 6.19. The minimum Gasteiger partial charge on any atom is -0.326 e. The van der Waals surface area contributed by atoms with Gasteiger partial charge in [-0.25, -0.2) is 0 Å². The number of nitrogens with zero attached hydrogens (tertiary/aromatic N) is 3. The van der Waals surface area contributed by atoms with Crippen LogP contribution in [0, 0.1) is 0 Å². The molecule has 0 bridgehead atoms. The Morgan fingerprint density at radius 3 is 2.50 bits per heavy atom. The predicted molar refractivity (Wildman–Crippen MR) is 85.2 cm³/mol. The van der Waals surface area contributed by atoms with Crippen molar-refractivity contribution in [2.75, 3.05) is 7.05 Å². The molecule has 0 saturated heterocycles. The van der Waals surface area contributed by atoms with Gasteiger partial charge in [0.1, 0.15) is 0 Å². The highest BCUT2D eigenvalue weighted by molar-refractivity contribution is 9.10. The summed E-state index contributed by atoms with van der Waals surface area (Å²) in [5, 5.41) is 4.21. The molecule has 0 saturated carbocycles. The second-order valence-electron chi connectivity index (χ2n) is 5.29. The third kappa shape index (κ3) is 3.69. The van der Waals surface area contributed by atoms with Gasteiger partial charge in [0.25, 0.3) is 0 Å². The summed E-state index contributed by atoms with van der Waals surface area (Å²) in [6.45, 7) is 2.88. The molecular formula is C15H21BrN4. The zero-order chi connectivity index (χ0) is 14.7. The highest BCUT2D eigenvalue weighted by Gasteiger charge is 2.21. The fourth-order valence-electron chi connectivity index (χ4n) is 2.56. The lowest BCUT2D eigenvalue weighted by atomic mass is 9.99. The number of likely N-dealkylation sites (N-methyl/N-ethyl adjacent to an activating group) is 1. The Morgan fingerprint density at radius 1 is 1.35 bits per heavy atom. The van der Waals surface area contributed by atoms with Crippen LogP contribution in [0.5, 0.6) is 0 Å². The van der Waals surface area contributed by atoms with Crippen molar-refractivity contribution >= 4 is 15.9 Å². The first-order valence-electron chi connectivity index (χ1n) is 6.66. The Balaban J connectivity index is 2.17. The van der Waals surface area contributed by atoms with Crippen LogP contribution in [-0.4, -0.2) is 27.8 Å². The van der Waals surface area contributed by atoms with Crippen molar-refractivity contribution in [1.82, 2.24) is 14.7 Å². The highest BCUT2D eigenvalue weighted by atomic mass is 79.9. The number of halogens is 1. The molecule has 0 amide bonds. The van der Waals surface area contributed by atoms with Crippen molar-refractivity contribution in [2.45, 2.75) is 25.6 Å². The van der Waals surface area contributed by atoms with Crippen LogP contribution in [-0.2, 0) is 13.6 Å². The van der Waals surface area contributed by atoms with E-state index in [9.17, 15) is 0 Å². The van der Waals surface area contributed by atoms with Gasteiger partial charge in [-0.1, -0.05) is 28.1 Å². The number of nitrogens with two attached hydrogens (primary N) is 1. The summed E-state index contributed by atoms with van der Waals surface area (Å²) in [5.41, 5.74) is 8.62. The van der Waals surface area contributed by atoms with E-state index in [1.54, 1.807) is 0 Å². The Hall–Kier alpha value is -1.17.